The van der Waals surface area contributed by atoms with Crippen molar-refractivity contribution in [2.24, 2.45) is 0 Å². The summed E-state index contributed by atoms with van der Waals surface area (Å²) >= 11 is 4.07. The monoisotopic (exact) mass is 251 g/mol. The fraction of sp³-hybridized carbons (Fsp3) is 0.500. The summed E-state index contributed by atoms with van der Waals surface area (Å²) in [6.07, 6.45) is 1.44. The van der Waals surface area contributed by atoms with Crippen molar-refractivity contribution < 1.29 is 4.79 Å². The van der Waals surface area contributed by atoms with Gasteiger partial charge in [0.2, 0.25) is 5.91 Å². The molecule has 1 aromatic rings. The first-order valence-electron chi connectivity index (χ1n) is 5.95. The van der Waals surface area contributed by atoms with E-state index >= 15 is 0 Å². The van der Waals surface area contributed by atoms with Gasteiger partial charge in [-0.05, 0) is 37.1 Å². The number of rotatable bonds is 5. The lowest BCUT2D eigenvalue weighted by atomic mass is 10.0. The third-order valence-electron chi connectivity index (χ3n) is 2.97. The van der Waals surface area contributed by atoms with Crippen LogP contribution < -0.4 is 0 Å². The first kappa shape index (κ1) is 14.1. The van der Waals surface area contributed by atoms with E-state index in [0.717, 1.165) is 13.0 Å². The van der Waals surface area contributed by atoms with Crippen LogP contribution in [0.2, 0.25) is 0 Å². The van der Waals surface area contributed by atoms with E-state index in [9.17, 15) is 4.79 Å². The SMILES string of the molecule is Cc1ccc(CCN(C)C(=O)CCS)c(C)c1. The smallest absolute Gasteiger partial charge is 0.223 e. The minimum atomic E-state index is 0.171. The van der Waals surface area contributed by atoms with E-state index in [0.29, 0.717) is 12.2 Å². The number of aryl methyl sites for hydroxylation is 2. The molecule has 0 saturated heterocycles. The summed E-state index contributed by atoms with van der Waals surface area (Å²) in [5.41, 5.74) is 3.91. The van der Waals surface area contributed by atoms with Gasteiger partial charge < -0.3 is 4.90 Å². The molecular formula is C14H21NOS. The Morgan fingerprint density at radius 1 is 1.35 bits per heavy atom. The molecule has 3 heteroatoms. The number of hydrogen-bond donors (Lipinski definition) is 1. The zero-order valence-electron chi connectivity index (χ0n) is 10.9. The van der Waals surface area contributed by atoms with E-state index in [-0.39, 0.29) is 5.91 Å². The summed E-state index contributed by atoms with van der Waals surface area (Å²) in [5, 5.41) is 0. The number of carbonyl (C=O) groups is 1. The maximum atomic E-state index is 11.6. The van der Waals surface area contributed by atoms with Crippen LogP contribution in [0.4, 0.5) is 0 Å². The molecule has 0 bridgehead atoms. The standard InChI is InChI=1S/C14H21NOS/c1-11-4-5-13(12(2)10-11)6-8-15(3)14(16)7-9-17/h4-5,10,17H,6-9H2,1-3H3. The van der Waals surface area contributed by atoms with E-state index in [1.165, 1.54) is 16.7 Å². The summed E-state index contributed by atoms with van der Waals surface area (Å²) in [6.45, 7) is 4.99. The van der Waals surface area contributed by atoms with Gasteiger partial charge in [0.1, 0.15) is 0 Å². The second kappa shape index (κ2) is 6.70. The summed E-state index contributed by atoms with van der Waals surface area (Å²) in [5.74, 6) is 0.789. The Hall–Kier alpha value is -0.960. The second-order valence-electron chi connectivity index (χ2n) is 4.47. The molecule has 0 heterocycles. The predicted molar refractivity (Wildman–Crippen MR) is 75.7 cm³/mol. The molecule has 0 aromatic heterocycles. The van der Waals surface area contributed by atoms with Crippen LogP contribution in [0.25, 0.3) is 0 Å². The highest BCUT2D eigenvalue weighted by molar-refractivity contribution is 7.80. The molecule has 1 rings (SSSR count). The molecule has 0 N–H and O–H groups in total. The zero-order chi connectivity index (χ0) is 12.8. The number of likely N-dealkylation sites (N-methyl/N-ethyl adjacent to an activating group) is 1. The van der Waals surface area contributed by atoms with Gasteiger partial charge in [0.25, 0.3) is 0 Å². The zero-order valence-corrected chi connectivity index (χ0v) is 11.8. The molecule has 0 aliphatic rings. The molecule has 17 heavy (non-hydrogen) atoms. The molecule has 0 saturated carbocycles. The number of nitrogens with zero attached hydrogens (tertiary/aromatic N) is 1. The molecular weight excluding hydrogens is 230 g/mol. The van der Waals surface area contributed by atoms with Gasteiger partial charge in [0.15, 0.2) is 0 Å². The van der Waals surface area contributed by atoms with Crippen molar-refractivity contribution in [2.75, 3.05) is 19.3 Å². The van der Waals surface area contributed by atoms with Crippen LogP contribution in [0.15, 0.2) is 18.2 Å². The molecule has 0 atom stereocenters. The van der Waals surface area contributed by atoms with Crippen molar-refractivity contribution in [3.05, 3.63) is 34.9 Å². The Labute approximate surface area is 109 Å². The van der Waals surface area contributed by atoms with E-state index in [1.54, 1.807) is 4.90 Å². The van der Waals surface area contributed by atoms with E-state index in [1.807, 2.05) is 7.05 Å². The minimum absolute atomic E-state index is 0.171. The average Bonchev–Trinajstić information content (AvgIpc) is 2.27. The highest BCUT2D eigenvalue weighted by Crippen LogP contribution is 2.11. The van der Waals surface area contributed by atoms with Gasteiger partial charge in [0, 0.05) is 20.0 Å². The third kappa shape index (κ3) is 4.43. The van der Waals surface area contributed by atoms with Gasteiger partial charge in [-0.2, -0.15) is 12.6 Å². The van der Waals surface area contributed by atoms with E-state index in [2.05, 4.69) is 44.7 Å². The van der Waals surface area contributed by atoms with Gasteiger partial charge in [-0.25, -0.2) is 0 Å². The van der Waals surface area contributed by atoms with Crippen LogP contribution in [0.1, 0.15) is 23.1 Å². The topological polar surface area (TPSA) is 20.3 Å². The quantitative estimate of drug-likeness (QED) is 0.798. The molecule has 0 aliphatic carbocycles. The summed E-state index contributed by atoms with van der Waals surface area (Å²) in [6, 6.07) is 6.46. The van der Waals surface area contributed by atoms with Crippen LogP contribution in [0.5, 0.6) is 0 Å². The van der Waals surface area contributed by atoms with Crippen LogP contribution >= 0.6 is 12.6 Å². The van der Waals surface area contributed by atoms with Gasteiger partial charge in [-0.3, -0.25) is 4.79 Å². The Kier molecular flexibility index (Phi) is 5.56. The van der Waals surface area contributed by atoms with Crippen LogP contribution in [0.3, 0.4) is 0 Å². The van der Waals surface area contributed by atoms with Crippen molar-refractivity contribution in [3.8, 4) is 0 Å². The number of hydrogen-bond acceptors (Lipinski definition) is 2. The van der Waals surface area contributed by atoms with Crippen LogP contribution in [-0.2, 0) is 11.2 Å². The molecule has 2 nitrogen and oxygen atoms in total. The minimum Gasteiger partial charge on any atom is -0.345 e. The summed E-state index contributed by atoms with van der Waals surface area (Å²) in [4.78, 5) is 13.4. The first-order valence-corrected chi connectivity index (χ1v) is 6.58. The molecule has 1 amide bonds. The Balaban J connectivity index is 2.52. The summed E-state index contributed by atoms with van der Waals surface area (Å²) < 4.78 is 0. The van der Waals surface area contributed by atoms with Crippen molar-refractivity contribution >= 4 is 18.5 Å². The number of thiol groups is 1. The Morgan fingerprint density at radius 3 is 2.65 bits per heavy atom. The lowest BCUT2D eigenvalue weighted by Gasteiger charge is -2.17. The first-order chi connectivity index (χ1) is 8.04. The van der Waals surface area contributed by atoms with Gasteiger partial charge in [-0.1, -0.05) is 23.8 Å². The highest BCUT2D eigenvalue weighted by Gasteiger charge is 2.08. The van der Waals surface area contributed by atoms with E-state index < -0.39 is 0 Å². The van der Waals surface area contributed by atoms with Gasteiger partial charge in [0.05, 0.1) is 0 Å². The molecule has 0 spiro atoms. The highest BCUT2D eigenvalue weighted by atomic mass is 32.1. The normalized spacial score (nSPS) is 10.4. The maximum absolute atomic E-state index is 11.6. The van der Waals surface area contributed by atoms with Gasteiger partial charge >= 0.3 is 0 Å². The van der Waals surface area contributed by atoms with Crippen LogP contribution in [-0.4, -0.2) is 30.2 Å². The lowest BCUT2D eigenvalue weighted by Crippen LogP contribution is -2.29. The predicted octanol–water partition coefficient (Wildman–Crippen LogP) is 2.62. The third-order valence-corrected chi connectivity index (χ3v) is 3.19. The maximum Gasteiger partial charge on any atom is 0.223 e. The number of carbonyl (C=O) groups excluding carboxylic acids is 1. The van der Waals surface area contributed by atoms with E-state index in [4.69, 9.17) is 0 Å². The van der Waals surface area contributed by atoms with Crippen molar-refractivity contribution in [3.63, 3.8) is 0 Å². The fourth-order valence-electron chi connectivity index (χ4n) is 1.83. The van der Waals surface area contributed by atoms with Crippen molar-refractivity contribution in [2.45, 2.75) is 26.7 Å². The lowest BCUT2D eigenvalue weighted by molar-refractivity contribution is -0.129. The average molecular weight is 251 g/mol. The van der Waals surface area contributed by atoms with Crippen molar-refractivity contribution in [1.82, 2.24) is 4.90 Å². The fourth-order valence-corrected chi connectivity index (χ4v) is 2.02. The molecule has 0 aliphatic heterocycles. The molecule has 0 radical (unpaired) electrons. The molecule has 0 unspecified atom stereocenters. The summed E-state index contributed by atoms with van der Waals surface area (Å²) in [7, 11) is 1.86. The molecule has 1 aromatic carbocycles. The van der Waals surface area contributed by atoms with Crippen molar-refractivity contribution in [1.29, 1.82) is 0 Å². The largest absolute Gasteiger partial charge is 0.345 e. The van der Waals surface area contributed by atoms with Gasteiger partial charge in [-0.15, -0.1) is 0 Å². The molecule has 94 valence electrons. The second-order valence-corrected chi connectivity index (χ2v) is 4.92. The molecule has 0 fully saturated rings. The Bertz CT molecular complexity index is 390. The Morgan fingerprint density at radius 2 is 2.06 bits per heavy atom. The number of benzene rings is 1. The van der Waals surface area contributed by atoms with Crippen LogP contribution in [0, 0.1) is 13.8 Å². The number of amides is 1.